The van der Waals surface area contributed by atoms with Crippen molar-refractivity contribution >= 4 is 0 Å². The molecule has 0 bridgehead atoms. The summed E-state index contributed by atoms with van der Waals surface area (Å²) >= 11 is 0. The van der Waals surface area contributed by atoms with Crippen LogP contribution >= 0.6 is 0 Å². The summed E-state index contributed by atoms with van der Waals surface area (Å²) in [6, 6.07) is 0. The lowest BCUT2D eigenvalue weighted by Crippen LogP contribution is -2.62. The second-order valence-corrected chi connectivity index (χ2v) is 5.51. The number of rotatable bonds is 6. The summed E-state index contributed by atoms with van der Waals surface area (Å²) in [5.41, 5.74) is 0.296. The maximum Gasteiger partial charge on any atom is 0.147 e. The first-order valence-corrected chi connectivity index (χ1v) is 6.69. The molecule has 0 amide bonds. The van der Waals surface area contributed by atoms with Crippen LogP contribution in [0, 0.1) is 0 Å². The standard InChI is InChI=1S/C13H29N2/c1-5-7-10-15(11-8-6-2)12-9-14-13(15,3)4/h14H,5-12H2,1-4H3/q+1. The molecule has 1 rings (SSSR count). The van der Waals surface area contributed by atoms with Crippen LogP contribution < -0.4 is 5.32 Å². The maximum atomic E-state index is 3.68. The summed E-state index contributed by atoms with van der Waals surface area (Å²) in [5, 5.41) is 3.68. The van der Waals surface area contributed by atoms with Gasteiger partial charge in [0.15, 0.2) is 0 Å². The summed E-state index contributed by atoms with van der Waals surface area (Å²) < 4.78 is 1.30. The molecule has 0 radical (unpaired) electrons. The van der Waals surface area contributed by atoms with Crippen LogP contribution in [0.3, 0.4) is 0 Å². The van der Waals surface area contributed by atoms with E-state index >= 15 is 0 Å². The molecule has 1 heterocycles. The Morgan fingerprint density at radius 2 is 1.60 bits per heavy atom. The number of unbranched alkanes of at least 4 members (excludes halogenated alkanes) is 2. The van der Waals surface area contributed by atoms with Gasteiger partial charge in [-0.3, -0.25) is 5.32 Å². The Balaban J connectivity index is 2.66. The van der Waals surface area contributed by atoms with E-state index in [0.29, 0.717) is 5.66 Å². The van der Waals surface area contributed by atoms with Crippen LogP contribution in [0.1, 0.15) is 53.4 Å². The van der Waals surface area contributed by atoms with E-state index in [1.165, 1.54) is 56.3 Å². The summed E-state index contributed by atoms with van der Waals surface area (Å²) in [6.45, 7) is 14.6. The van der Waals surface area contributed by atoms with Gasteiger partial charge in [-0.15, -0.1) is 0 Å². The molecule has 0 aliphatic carbocycles. The van der Waals surface area contributed by atoms with E-state index in [1.807, 2.05) is 0 Å². The van der Waals surface area contributed by atoms with Crippen LogP contribution in [0.2, 0.25) is 0 Å². The van der Waals surface area contributed by atoms with Crippen molar-refractivity contribution in [3.05, 3.63) is 0 Å². The lowest BCUT2D eigenvalue weighted by Gasteiger charge is -2.45. The molecule has 0 saturated carbocycles. The van der Waals surface area contributed by atoms with Crippen LogP contribution in [0.15, 0.2) is 0 Å². The third-order valence-electron chi connectivity index (χ3n) is 4.16. The summed E-state index contributed by atoms with van der Waals surface area (Å²) in [5.74, 6) is 0. The zero-order chi connectivity index (χ0) is 11.4. The SMILES string of the molecule is CCCC[N+]1(CCCC)CCNC1(C)C. The quantitative estimate of drug-likeness (QED) is 0.669. The van der Waals surface area contributed by atoms with Gasteiger partial charge in [0.2, 0.25) is 0 Å². The third-order valence-corrected chi connectivity index (χ3v) is 4.16. The van der Waals surface area contributed by atoms with Gasteiger partial charge in [-0.2, -0.15) is 0 Å². The molecule has 1 N–H and O–H groups in total. The summed E-state index contributed by atoms with van der Waals surface area (Å²) in [4.78, 5) is 0. The van der Waals surface area contributed by atoms with E-state index in [0.717, 1.165) is 0 Å². The molecule has 0 aromatic heterocycles. The predicted molar refractivity (Wildman–Crippen MR) is 66.8 cm³/mol. The minimum atomic E-state index is 0.296. The van der Waals surface area contributed by atoms with Crippen molar-refractivity contribution in [2.45, 2.75) is 59.0 Å². The van der Waals surface area contributed by atoms with Crippen molar-refractivity contribution in [1.82, 2.24) is 5.32 Å². The molecule has 1 aliphatic rings. The van der Waals surface area contributed by atoms with Crippen molar-refractivity contribution in [2.75, 3.05) is 26.2 Å². The summed E-state index contributed by atoms with van der Waals surface area (Å²) in [7, 11) is 0. The second kappa shape index (κ2) is 5.31. The lowest BCUT2D eigenvalue weighted by atomic mass is 10.1. The van der Waals surface area contributed by atoms with Crippen molar-refractivity contribution in [3.8, 4) is 0 Å². The molecule has 0 aromatic rings. The number of hydrogen-bond acceptors (Lipinski definition) is 1. The highest BCUT2D eigenvalue weighted by molar-refractivity contribution is 4.75. The highest BCUT2D eigenvalue weighted by Gasteiger charge is 2.46. The average molecular weight is 213 g/mol. The maximum absolute atomic E-state index is 3.68. The van der Waals surface area contributed by atoms with Gasteiger partial charge < -0.3 is 4.48 Å². The Labute approximate surface area is 95.6 Å². The molecule has 90 valence electrons. The monoisotopic (exact) mass is 213 g/mol. The van der Waals surface area contributed by atoms with E-state index in [2.05, 4.69) is 33.0 Å². The van der Waals surface area contributed by atoms with E-state index in [4.69, 9.17) is 0 Å². The molecule has 0 spiro atoms. The predicted octanol–water partition coefficient (Wildman–Crippen LogP) is 2.74. The van der Waals surface area contributed by atoms with Crippen LogP contribution in [-0.4, -0.2) is 36.3 Å². The lowest BCUT2D eigenvalue weighted by molar-refractivity contribution is -0.962. The minimum Gasteiger partial charge on any atom is -0.306 e. The average Bonchev–Trinajstić information content (AvgIpc) is 2.49. The highest BCUT2D eigenvalue weighted by atomic mass is 15.5. The zero-order valence-corrected chi connectivity index (χ0v) is 11.1. The first kappa shape index (κ1) is 13.0. The number of nitrogens with zero attached hydrogens (tertiary/aromatic N) is 1. The molecule has 0 atom stereocenters. The van der Waals surface area contributed by atoms with E-state index in [-0.39, 0.29) is 0 Å². The Morgan fingerprint density at radius 3 is 1.93 bits per heavy atom. The Bertz CT molecular complexity index is 179. The number of hydrogen-bond donors (Lipinski definition) is 1. The molecular formula is C13H29N2+. The van der Waals surface area contributed by atoms with Crippen LogP contribution in [0.25, 0.3) is 0 Å². The van der Waals surface area contributed by atoms with Crippen molar-refractivity contribution in [3.63, 3.8) is 0 Å². The van der Waals surface area contributed by atoms with Crippen LogP contribution in [0.5, 0.6) is 0 Å². The van der Waals surface area contributed by atoms with Crippen LogP contribution in [-0.2, 0) is 0 Å². The Morgan fingerprint density at radius 1 is 1.07 bits per heavy atom. The van der Waals surface area contributed by atoms with E-state index < -0.39 is 0 Å². The van der Waals surface area contributed by atoms with Gasteiger partial charge in [-0.25, -0.2) is 0 Å². The van der Waals surface area contributed by atoms with Gasteiger partial charge in [0.1, 0.15) is 5.66 Å². The topological polar surface area (TPSA) is 12.0 Å². The third kappa shape index (κ3) is 2.73. The van der Waals surface area contributed by atoms with Gasteiger partial charge in [-0.05, 0) is 12.8 Å². The largest absolute Gasteiger partial charge is 0.306 e. The fourth-order valence-corrected chi connectivity index (χ4v) is 2.84. The van der Waals surface area contributed by atoms with Gasteiger partial charge in [0.25, 0.3) is 0 Å². The number of nitrogens with one attached hydrogen (secondary N) is 1. The van der Waals surface area contributed by atoms with Crippen molar-refractivity contribution in [1.29, 1.82) is 0 Å². The second-order valence-electron chi connectivity index (χ2n) is 5.51. The first-order valence-electron chi connectivity index (χ1n) is 6.69. The van der Waals surface area contributed by atoms with E-state index in [1.54, 1.807) is 0 Å². The minimum absolute atomic E-state index is 0.296. The molecule has 1 fully saturated rings. The Kier molecular flexibility index (Phi) is 4.60. The molecule has 1 aliphatic heterocycles. The molecule has 0 aromatic carbocycles. The van der Waals surface area contributed by atoms with Gasteiger partial charge in [0, 0.05) is 13.8 Å². The molecule has 15 heavy (non-hydrogen) atoms. The first-order chi connectivity index (χ1) is 7.08. The van der Waals surface area contributed by atoms with Crippen molar-refractivity contribution in [2.24, 2.45) is 0 Å². The fraction of sp³-hybridized carbons (Fsp3) is 1.00. The zero-order valence-electron chi connectivity index (χ0n) is 11.1. The molecule has 0 unspecified atom stereocenters. The molecule has 2 heteroatoms. The molecule has 1 saturated heterocycles. The normalized spacial score (nSPS) is 23.2. The summed E-state index contributed by atoms with van der Waals surface area (Å²) in [6.07, 6.45) is 5.38. The molecule has 2 nitrogen and oxygen atoms in total. The van der Waals surface area contributed by atoms with Crippen molar-refractivity contribution < 1.29 is 4.48 Å². The van der Waals surface area contributed by atoms with Crippen LogP contribution in [0.4, 0.5) is 0 Å². The molecular weight excluding hydrogens is 184 g/mol. The van der Waals surface area contributed by atoms with Gasteiger partial charge >= 0.3 is 0 Å². The smallest absolute Gasteiger partial charge is 0.147 e. The van der Waals surface area contributed by atoms with Gasteiger partial charge in [-0.1, -0.05) is 26.7 Å². The van der Waals surface area contributed by atoms with E-state index in [9.17, 15) is 0 Å². The number of quaternary nitrogens is 1. The van der Waals surface area contributed by atoms with Gasteiger partial charge in [0.05, 0.1) is 26.2 Å². The Hall–Kier alpha value is -0.0800. The highest BCUT2D eigenvalue weighted by Crippen LogP contribution is 2.28. The fourth-order valence-electron chi connectivity index (χ4n) is 2.84.